The second-order valence-electron chi connectivity index (χ2n) is 7.72. The highest BCUT2D eigenvalue weighted by Crippen LogP contribution is 2.46. The lowest BCUT2D eigenvalue weighted by Crippen LogP contribution is -2.40. The fraction of sp³-hybridized carbons (Fsp3) is 0.625. The van der Waals surface area contributed by atoms with E-state index in [0.29, 0.717) is 11.5 Å². The van der Waals surface area contributed by atoms with Crippen LogP contribution in [-0.2, 0) is 0 Å². The summed E-state index contributed by atoms with van der Waals surface area (Å²) < 4.78 is 0. The number of aromatic carboxylic acids is 1. The summed E-state index contributed by atoms with van der Waals surface area (Å²) in [4.78, 5) is 15.5. The fourth-order valence-corrected chi connectivity index (χ4v) is 3.90. The molecular weight excluding hydrogens is 266 g/mol. The zero-order valence-electron chi connectivity index (χ0n) is 13.2. The molecular formula is C16H25N3O2. The van der Waals surface area contributed by atoms with Gasteiger partial charge in [0, 0.05) is 6.04 Å². The van der Waals surface area contributed by atoms with Gasteiger partial charge in [-0.15, -0.1) is 0 Å². The molecule has 0 saturated heterocycles. The van der Waals surface area contributed by atoms with Crippen molar-refractivity contribution >= 4 is 17.5 Å². The Morgan fingerprint density at radius 1 is 1.33 bits per heavy atom. The predicted octanol–water partition coefficient (Wildman–Crippen LogP) is 3.38. The number of nitrogens with two attached hydrogens (primary N) is 1. The van der Waals surface area contributed by atoms with Crippen LogP contribution in [0.5, 0.6) is 0 Å². The highest BCUT2D eigenvalue weighted by molar-refractivity contribution is 5.94. The molecule has 1 saturated carbocycles. The van der Waals surface area contributed by atoms with E-state index in [1.165, 1.54) is 18.7 Å². The van der Waals surface area contributed by atoms with Gasteiger partial charge in [-0.3, -0.25) is 0 Å². The summed E-state index contributed by atoms with van der Waals surface area (Å²) in [5.41, 5.74) is 6.60. The van der Waals surface area contributed by atoms with E-state index in [-0.39, 0.29) is 22.4 Å². The van der Waals surface area contributed by atoms with Crippen LogP contribution in [-0.4, -0.2) is 22.1 Å². The molecule has 0 unspecified atom stereocenters. The fourth-order valence-electron chi connectivity index (χ4n) is 3.90. The third-order valence-corrected chi connectivity index (χ3v) is 4.04. The van der Waals surface area contributed by atoms with Gasteiger partial charge in [0.05, 0.1) is 11.9 Å². The van der Waals surface area contributed by atoms with Gasteiger partial charge in [0.2, 0.25) is 0 Å². The number of pyridine rings is 1. The molecule has 21 heavy (non-hydrogen) atoms. The van der Waals surface area contributed by atoms with Gasteiger partial charge in [0.15, 0.2) is 0 Å². The number of nitrogen functional groups attached to an aromatic ring is 1. The predicted molar refractivity (Wildman–Crippen MR) is 84.4 cm³/mol. The van der Waals surface area contributed by atoms with Gasteiger partial charge in [0.1, 0.15) is 11.4 Å². The molecule has 0 amide bonds. The maximum Gasteiger partial charge on any atom is 0.339 e. The lowest BCUT2D eigenvalue weighted by molar-refractivity contribution is 0.0697. The van der Waals surface area contributed by atoms with E-state index in [1.807, 2.05) is 0 Å². The normalized spacial score (nSPS) is 21.0. The van der Waals surface area contributed by atoms with Crippen molar-refractivity contribution in [2.75, 3.05) is 11.1 Å². The van der Waals surface area contributed by atoms with E-state index in [1.54, 1.807) is 0 Å². The highest BCUT2D eigenvalue weighted by atomic mass is 16.4. The number of carboxylic acid groups (broad SMARTS) is 1. The Labute approximate surface area is 126 Å². The van der Waals surface area contributed by atoms with Crippen LogP contribution in [0.3, 0.4) is 0 Å². The number of nitrogens with one attached hydrogen (secondary N) is 1. The summed E-state index contributed by atoms with van der Waals surface area (Å²) in [5, 5.41) is 12.6. The molecule has 116 valence electrons. The van der Waals surface area contributed by atoms with Crippen molar-refractivity contribution in [3.8, 4) is 0 Å². The molecule has 0 bridgehead atoms. The quantitative estimate of drug-likeness (QED) is 0.794. The second kappa shape index (κ2) is 5.20. The molecule has 2 rings (SSSR count). The Bertz CT molecular complexity index is 536. The minimum absolute atomic E-state index is 0.135. The molecule has 0 spiro atoms. The first-order chi connectivity index (χ1) is 9.58. The van der Waals surface area contributed by atoms with Gasteiger partial charge in [-0.2, -0.15) is 0 Å². The first-order valence-corrected chi connectivity index (χ1v) is 7.33. The largest absolute Gasteiger partial charge is 0.478 e. The van der Waals surface area contributed by atoms with Crippen LogP contribution in [0.1, 0.15) is 57.3 Å². The molecule has 5 heteroatoms. The maximum atomic E-state index is 11.3. The Balaban J connectivity index is 2.24. The number of nitrogens with zero attached hydrogens (tertiary/aromatic N) is 1. The topological polar surface area (TPSA) is 88.2 Å². The van der Waals surface area contributed by atoms with Crippen LogP contribution in [0.25, 0.3) is 0 Å². The number of carboxylic acids is 1. The zero-order chi connectivity index (χ0) is 15.8. The molecule has 1 aliphatic rings. The number of rotatable bonds is 3. The highest BCUT2D eigenvalue weighted by Gasteiger charge is 2.38. The molecule has 1 aromatic rings. The van der Waals surface area contributed by atoms with E-state index in [4.69, 9.17) is 5.73 Å². The van der Waals surface area contributed by atoms with E-state index >= 15 is 0 Å². The van der Waals surface area contributed by atoms with Crippen LogP contribution in [0.2, 0.25) is 0 Å². The second-order valence-corrected chi connectivity index (χ2v) is 7.72. The van der Waals surface area contributed by atoms with Gasteiger partial charge in [-0.25, -0.2) is 9.78 Å². The minimum atomic E-state index is -1.01. The Hall–Kier alpha value is -1.78. The van der Waals surface area contributed by atoms with E-state index in [0.717, 1.165) is 12.8 Å². The van der Waals surface area contributed by atoms with Crippen molar-refractivity contribution < 1.29 is 9.90 Å². The first kappa shape index (κ1) is 15.6. The van der Waals surface area contributed by atoms with Crippen molar-refractivity contribution in [1.29, 1.82) is 0 Å². The molecule has 0 aliphatic heterocycles. The van der Waals surface area contributed by atoms with Crippen LogP contribution < -0.4 is 11.1 Å². The maximum absolute atomic E-state index is 11.3. The van der Waals surface area contributed by atoms with E-state index in [9.17, 15) is 9.90 Å². The molecule has 5 nitrogen and oxygen atoms in total. The summed E-state index contributed by atoms with van der Waals surface area (Å²) in [5.74, 6) is -0.596. The standard InChI is InChI=1S/C16H25N3O2/c1-15(2)6-11(7-16(3,4)9-15)19-13-12(14(20)21)5-10(17)8-18-13/h5,8,11H,6-7,9,17H2,1-4H3,(H,18,19)(H,20,21). The number of hydrogen-bond donors (Lipinski definition) is 3. The van der Waals surface area contributed by atoms with Crippen LogP contribution in [0.4, 0.5) is 11.5 Å². The molecule has 0 radical (unpaired) electrons. The van der Waals surface area contributed by atoms with Crippen molar-refractivity contribution in [3.05, 3.63) is 17.8 Å². The molecule has 0 aromatic carbocycles. The van der Waals surface area contributed by atoms with Crippen molar-refractivity contribution in [1.82, 2.24) is 4.98 Å². The van der Waals surface area contributed by atoms with Gasteiger partial charge in [-0.05, 0) is 36.2 Å². The number of anilines is 2. The minimum Gasteiger partial charge on any atom is -0.478 e. The molecule has 1 heterocycles. The summed E-state index contributed by atoms with van der Waals surface area (Å²) in [6, 6.07) is 1.68. The van der Waals surface area contributed by atoms with Gasteiger partial charge >= 0.3 is 5.97 Å². The van der Waals surface area contributed by atoms with Crippen LogP contribution in [0.15, 0.2) is 12.3 Å². The van der Waals surface area contributed by atoms with Gasteiger partial charge < -0.3 is 16.2 Å². The van der Waals surface area contributed by atoms with Gasteiger partial charge in [-0.1, -0.05) is 27.7 Å². The molecule has 1 aromatic heterocycles. The summed E-state index contributed by atoms with van der Waals surface area (Å²) in [6.07, 6.45) is 4.66. The Kier molecular flexibility index (Phi) is 3.87. The average molecular weight is 291 g/mol. The molecule has 4 N–H and O–H groups in total. The van der Waals surface area contributed by atoms with E-state index in [2.05, 4.69) is 38.0 Å². The number of aromatic nitrogens is 1. The summed E-state index contributed by atoms with van der Waals surface area (Å²) in [6.45, 7) is 9.04. The summed E-state index contributed by atoms with van der Waals surface area (Å²) in [7, 11) is 0. The molecule has 1 aliphatic carbocycles. The van der Waals surface area contributed by atoms with Crippen LogP contribution >= 0.6 is 0 Å². The third-order valence-electron chi connectivity index (χ3n) is 4.04. The molecule has 0 atom stereocenters. The molecule has 1 fully saturated rings. The van der Waals surface area contributed by atoms with Crippen molar-refractivity contribution in [2.24, 2.45) is 10.8 Å². The smallest absolute Gasteiger partial charge is 0.339 e. The summed E-state index contributed by atoms with van der Waals surface area (Å²) >= 11 is 0. The number of hydrogen-bond acceptors (Lipinski definition) is 4. The SMILES string of the molecule is CC1(C)CC(Nc2ncc(N)cc2C(=O)O)CC(C)(C)C1. The van der Waals surface area contributed by atoms with E-state index < -0.39 is 5.97 Å². The first-order valence-electron chi connectivity index (χ1n) is 7.33. The third kappa shape index (κ3) is 3.86. The average Bonchev–Trinajstić information content (AvgIpc) is 2.27. The van der Waals surface area contributed by atoms with Crippen molar-refractivity contribution in [3.63, 3.8) is 0 Å². The zero-order valence-corrected chi connectivity index (χ0v) is 13.2. The van der Waals surface area contributed by atoms with Gasteiger partial charge in [0.25, 0.3) is 0 Å². The monoisotopic (exact) mass is 291 g/mol. The van der Waals surface area contributed by atoms with Crippen molar-refractivity contribution in [2.45, 2.75) is 53.0 Å². The lowest BCUT2D eigenvalue weighted by atomic mass is 9.63. The Morgan fingerprint density at radius 2 is 1.90 bits per heavy atom. The number of carbonyl (C=O) groups is 1. The lowest BCUT2D eigenvalue weighted by Gasteiger charge is -2.45. The van der Waals surface area contributed by atoms with Crippen LogP contribution in [0, 0.1) is 10.8 Å². The Morgan fingerprint density at radius 3 is 2.43 bits per heavy atom.